The second-order valence-corrected chi connectivity index (χ2v) is 5.94. The normalized spacial score (nSPS) is 11.0. The largest absolute Gasteiger partial charge is 0.495 e. The highest BCUT2D eigenvalue weighted by atomic mass is 35.5. The molecule has 0 radical (unpaired) electrons. The van der Waals surface area contributed by atoms with Crippen molar-refractivity contribution in [1.29, 1.82) is 0 Å². The van der Waals surface area contributed by atoms with Gasteiger partial charge in [0.05, 0.1) is 12.1 Å². The Bertz CT molecular complexity index is 623. The Labute approximate surface area is 132 Å². The molecule has 0 spiro atoms. The van der Waals surface area contributed by atoms with E-state index in [4.69, 9.17) is 16.3 Å². The second-order valence-electron chi connectivity index (χ2n) is 5.53. The molecule has 2 rings (SSSR count). The first-order valence-corrected chi connectivity index (χ1v) is 7.56. The van der Waals surface area contributed by atoms with Gasteiger partial charge in [0.2, 0.25) is 0 Å². The Hall–Kier alpha value is -1.51. The number of benzene rings is 2. The minimum Gasteiger partial charge on any atom is -0.495 e. The molecule has 0 saturated carbocycles. The smallest absolute Gasteiger partial charge is 0.138 e. The average molecular weight is 304 g/mol. The fourth-order valence-electron chi connectivity index (χ4n) is 2.31. The van der Waals surface area contributed by atoms with Crippen LogP contribution in [0.1, 0.15) is 25.0 Å². The third-order valence-corrected chi connectivity index (χ3v) is 3.78. The van der Waals surface area contributed by atoms with E-state index in [1.807, 2.05) is 18.2 Å². The molecular weight excluding hydrogens is 282 g/mol. The summed E-state index contributed by atoms with van der Waals surface area (Å²) in [7, 11) is 1.64. The van der Waals surface area contributed by atoms with E-state index in [0.29, 0.717) is 16.8 Å². The lowest BCUT2D eigenvalue weighted by Gasteiger charge is -2.12. The summed E-state index contributed by atoms with van der Waals surface area (Å²) in [6, 6.07) is 12.9. The minimum atomic E-state index is 0.491. The fraction of sp³-hybridized carbons (Fsp3) is 0.333. The standard InChI is InChI=1S/C18H22ClNO/c1-12(2)20-11-14-5-7-16(13(3)9-14)15-6-8-17(19)18(10-15)21-4/h5-10,12,20H,11H2,1-4H3. The van der Waals surface area contributed by atoms with Crippen LogP contribution < -0.4 is 10.1 Å². The Balaban J connectivity index is 2.28. The van der Waals surface area contributed by atoms with Gasteiger partial charge in [-0.3, -0.25) is 0 Å². The number of halogens is 1. The van der Waals surface area contributed by atoms with Gasteiger partial charge in [0.25, 0.3) is 0 Å². The molecular formula is C18H22ClNO. The Morgan fingerprint density at radius 1 is 1.14 bits per heavy atom. The van der Waals surface area contributed by atoms with Crippen LogP contribution in [0.25, 0.3) is 11.1 Å². The summed E-state index contributed by atoms with van der Waals surface area (Å²) in [4.78, 5) is 0. The summed E-state index contributed by atoms with van der Waals surface area (Å²) >= 11 is 6.09. The number of nitrogens with one attached hydrogen (secondary N) is 1. The first-order chi connectivity index (χ1) is 10.0. The topological polar surface area (TPSA) is 21.3 Å². The molecule has 0 aromatic heterocycles. The van der Waals surface area contributed by atoms with Crippen LogP contribution in [-0.2, 0) is 6.54 Å². The predicted molar refractivity (Wildman–Crippen MR) is 90.2 cm³/mol. The predicted octanol–water partition coefficient (Wildman–Crippen LogP) is 4.82. The lowest BCUT2D eigenvalue weighted by molar-refractivity contribution is 0.415. The van der Waals surface area contributed by atoms with Crippen molar-refractivity contribution in [2.75, 3.05) is 7.11 Å². The maximum Gasteiger partial charge on any atom is 0.138 e. The number of methoxy groups -OCH3 is 1. The summed E-state index contributed by atoms with van der Waals surface area (Å²) in [5.41, 5.74) is 4.88. The van der Waals surface area contributed by atoms with Crippen LogP contribution in [0.4, 0.5) is 0 Å². The van der Waals surface area contributed by atoms with Crippen LogP contribution in [0.3, 0.4) is 0 Å². The van der Waals surface area contributed by atoms with E-state index in [1.54, 1.807) is 7.11 Å². The third kappa shape index (κ3) is 3.99. The Morgan fingerprint density at radius 2 is 1.90 bits per heavy atom. The van der Waals surface area contributed by atoms with Crippen molar-refractivity contribution in [3.05, 3.63) is 52.5 Å². The van der Waals surface area contributed by atoms with Crippen molar-refractivity contribution < 1.29 is 4.74 Å². The molecule has 21 heavy (non-hydrogen) atoms. The minimum absolute atomic E-state index is 0.491. The van der Waals surface area contributed by atoms with Crippen LogP contribution in [0, 0.1) is 6.92 Å². The van der Waals surface area contributed by atoms with Crippen LogP contribution >= 0.6 is 11.6 Å². The van der Waals surface area contributed by atoms with Gasteiger partial charge in [0, 0.05) is 12.6 Å². The van der Waals surface area contributed by atoms with E-state index < -0.39 is 0 Å². The van der Waals surface area contributed by atoms with Crippen molar-refractivity contribution in [2.24, 2.45) is 0 Å². The lowest BCUT2D eigenvalue weighted by Crippen LogP contribution is -2.21. The molecule has 1 N–H and O–H groups in total. The summed E-state index contributed by atoms with van der Waals surface area (Å²) in [6.07, 6.45) is 0. The van der Waals surface area contributed by atoms with Crippen molar-refractivity contribution in [2.45, 2.75) is 33.4 Å². The van der Waals surface area contributed by atoms with Gasteiger partial charge in [-0.15, -0.1) is 0 Å². The molecule has 2 aromatic carbocycles. The number of rotatable bonds is 5. The van der Waals surface area contributed by atoms with E-state index in [1.165, 1.54) is 16.7 Å². The first-order valence-electron chi connectivity index (χ1n) is 7.18. The first kappa shape index (κ1) is 15.9. The van der Waals surface area contributed by atoms with Crippen LogP contribution in [0.2, 0.25) is 5.02 Å². The highest BCUT2D eigenvalue weighted by Gasteiger charge is 2.07. The van der Waals surface area contributed by atoms with E-state index in [-0.39, 0.29) is 0 Å². The van der Waals surface area contributed by atoms with E-state index >= 15 is 0 Å². The van der Waals surface area contributed by atoms with Gasteiger partial charge in [-0.2, -0.15) is 0 Å². The molecule has 0 amide bonds. The molecule has 0 aliphatic heterocycles. The molecule has 0 atom stereocenters. The average Bonchev–Trinajstić information content (AvgIpc) is 2.46. The molecule has 0 heterocycles. The van der Waals surface area contributed by atoms with Gasteiger partial charge in [-0.05, 0) is 41.3 Å². The van der Waals surface area contributed by atoms with Crippen molar-refractivity contribution >= 4 is 11.6 Å². The quantitative estimate of drug-likeness (QED) is 0.855. The highest BCUT2D eigenvalue weighted by molar-refractivity contribution is 6.32. The van der Waals surface area contributed by atoms with Crippen LogP contribution in [0.15, 0.2) is 36.4 Å². The summed E-state index contributed by atoms with van der Waals surface area (Å²) in [6.45, 7) is 7.33. The van der Waals surface area contributed by atoms with E-state index in [9.17, 15) is 0 Å². The lowest BCUT2D eigenvalue weighted by atomic mass is 9.98. The van der Waals surface area contributed by atoms with Gasteiger partial charge >= 0.3 is 0 Å². The summed E-state index contributed by atoms with van der Waals surface area (Å²) in [5.74, 6) is 0.708. The van der Waals surface area contributed by atoms with Crippen molar-refractivity contribution in [3.63, 3.8) is 0 Å². The van der Waals surface area contributed by atoms with E-state index in [2.05, 4.69) is 44.3 Å². The zero-order valence-corrected chi connectivity index (χ0v) is 13.8. The molecule has 0 unspecified atom stereocenters. The summed E-state index contributed by atoms with van der Waals surface area (Å²) < 4.78 is 5.29. The Morgan fingerprint density at radius 3 is 2.52 bits per heavy atom. The zero-order chi connectivity index (χ0) is 15.4. The maximum absolute atomic E-state index is 6.09. The molecule has 3 heteroatoms. The second kappa shape index (κ2) is 6.97. The summed E-state index contributed by atoms with van der Waals surface area (Å²) in [5, 5.41) is 4.07. The van der Waals surface area contributed by atoms with Gasteiger partial charge in [0.15, 0.2) is 0 Å². The van der Waals surface area contributed by atoms with Crippen LogP contribution in [-0.4, -0.2) is 13.2 Å². The fourth-order valence-corrected chi connectivity index (χ4v) is 2.50. The van der Waals surface area contributed by atoms with E-state index in [0.717, 1.165) is 12.1 Å². The zero-order valence-electron chi connectivity index (χ0n) is 13.0. The molecule has 0 aliphatic rings. The van der Waals surface area contributed by atoms with Gasteiger partial charge < -0.3 is 10.1 Å². The highest BCUT2D eigenvalue weighted by Crippen LogP contribution is 2.32. The van der Waals surface area contributed by atoms with Crippen LogP contribution in [0.5, 0.6) is 5.75 Å². The molecule has 0 fully saturated rings. The molecule has 2 aromatic rings. The van der Waals surface area contributed by atoms with Gasteiger partial charge in [-0.1, -0.05) is 49.7 Å². The third-order valence-electron chi connectivity index (χ3n) is 3.47. The van der Waals surface area contributed by atoms with Crippen molar-refractivity contribution in [1.82, 2.24) is 5.32 Å². The number of hydrogen-bond acceptors (Lipinski definition) is 2. The number of aryl methyl sites for hydroxylation is 1. The SMILES string of the molecule is COc1cc(-c2ccc(CNC(C)C)cc2C)ccc1Cl. The number of hydrogen-bond donors (Lipinski definition) is 1. The monoisotopic (exact) mass is 303 g/mol. The maximum atomic E-state index is 6.09. The van der Waals surface area contributed by atoms with Crippen molar-refractivity contribution in [3.8, 4) is 16.9 Å². The molecule has 2 nitrogen and oxygen atoms in total. The molecule has 112 valence electrons. The van der Waals surface area contributed by atoms with Gasteiger partial charge in [-0.25, -0.2) is 0 Å². The molecule has 0 bridgehead atoms. The Kier molecular flexibility index (Phi) is 5.27. The molecule has 0 aliphatic carbocycles. The van der Waals surface area contributed by atoms with Gasteiger partial charge in [0.1, 0.15) is 5.75 Å². The molecule has 0 saturated heterocycles. The number of ether oxygens (including phenoxy) is 1.